The van der Waals surface area contributed by atoms with E-state index in [-0.39, 0.29) is 11.7 Å². The number of ether oxygens (including phenoxy) is 1. The maximum atomic E-state index is 14.0. The molecule has 2 amide bonds. The third kappa shape index (κ3) is 5.77. The molecule has 0 spiro atoms. The number of fused-ring (bicyclic) bond motifs is 1. The molecule has 1 aliphatic rings. The number of nitrogens with zero attached hydrogens (tertiary/aromatic N) is 5. The molecule has 11 nitrogen and oxygen atoms in total. The summed E-state index contributed by atoms with van der Waals surface area (Å²) in [4.78, 5) is 39.1. The lowest BCUT2D eigenvalue weighted by Gasteiger charge is -2.32. The lowest BCUT2D eigenvalue weighted by molar-refractivity contribution is -0.126. The lowest BCUT2D eigenvalue weighted by Crippen LogP contribution is -2.51. The molecule has 41 heavy (non-hydrogen) atoms. The van der Waals surface area contributed by atoms with Crippen LogP contribution in [0.2, 0.25) is 0 Å². The zero-order chi connectivity index (χ0) is 29.3. The van der Waals surface area contributed by atoms with Crippen LogP contribution in [0.1, 0.15) is 39.3 Å². The molecule has 0 radical (unpaired) electrons. The number of aliphatic hydroxyl groups is 1. The van der Waals surface area contributed by atoms with Crippen molar-refractivity contribution in [2.75, 3.05) is 25.6 Å². The third-order valence-corrected chi connectivity index (χ3v) is 8.23. The van der Waals surface area contributed by atoms with Crippen LogP contribution >= 0.6 is 11.3 Å². The summed E-state index contributed by atoms with van der Waals surface area (Å²) in [5.74, 6) is 0.148. The van der Waals surface area contributed by atoms with Gasteiger partial charge in [-0.3, -0.25) is 14.3 Å². The van der Waals surface area contributed by atoms with Gasteiger partial charge in [0.15, 0.2) is 0 Å². The third-order valence-electron chi connectivity index (χ3n) is 7.02. The Morgan fingerprint density at radius 3 is 2.80 bits per heavy atom. The minimum atomic E-state index is -0.868. The van der Waals surface area contributed by atoms with Crippen LogP contribution in [0.5, 0.6) is 5.75 Å². The van der Waals surface area contributed by atoms with Crippen LogP contribution in [0.4, 0.5) is 16.2 Å². The molecule has 3 N–H and O–H groups in total. The number of aromatic nitrogens is 4. The first kappa shape index (κ1) is 28.2. The maximum Gasteiger partial charge on any atom is 0.255 e. The molecule has 1 aromatic carbocycles. The van der Waals surface area contributed by atoms with Gasteiger partial charge in [-0.25, -0.2) is 14.4 Å². The van der Waals surface area contributed by atoms with Gasteiger partial charge in [0.2, 0.25) is 11.9 Å². The number of rotatable bonds is 9. The van der Waals surface area contributed by atoms with Crippen LogP contribution in [-0.2, 0) is 18.3 Å². The zero-order valence-corrected chi connectivity index (χ0v) is 23.8. The Morgan fingerprint density at radius 2 is 2.10 bits per heavy atom. The van der Waals surface area contributed by atoms with E-state index < -0.39 is 30.4 Å². The maximum absolute atomic E-state index is 14.0. The molecular formula is C28H30FN7O4S. The lowest BCUT2D eigenvalue weighted by atomic mass is 10.0. The second-order valence-electron chi connectivity index (χ2n) is 9.73. The van der Waals surface area contributed by atoms with Crippen LogP contribution in [0.3, 0.4) is 0 Å². The Balaban J connectivity index is 1.33. The number of amides is 2. The molecule has 2 atom stereocenters. The van der Waals surface area contributed by atoms with Gasteiger partial charge >= 0.3 is 0 Å². The highest BCUT2D eigenvalue weighted by Crippen LogP contribution is 2.36. The molecule has 13 heteroatoms. The summed E-state index contributed by atoms with van der Waals surface area (Å²) in [6.07, 6.45) is 3.98. The normalized spacial score (nSPS) is 14.4. The second kappa shape index (κ2) is 11.6. The first-order chi connectivity index (χ1) is 19.7. The number of aryl methyl sites for hydroxylation is 2. The van der Waals surface area contributed by atoms with Crippen molar-refractivity contribution in [3.63, 3.8) is 0 Å². The Bertz CT molecular complexity index is 1600. The fourth-order valence-electron chi connectivity index (χ4n) is 4.69. The molecule has 0 bridgehead atoms. The molecule has 4 heterocycles. The number of nitrogens with one attached hydrogen (secondary N) is 2. The van der Waals surface area contributed by atoms with E-state index in [1.54, 1.807) is 30.1 Å². The van der Waals surface area contributed by atoms with E-state index in [1.165, 1.54) is 35.5 Å². The van der Waals surface area contributed by atoms with E-state index in [0.29, 0.717) is 35.7 Å². The fourth-order valence-corrected chi connectivity index (χ4v) is 5.89. The summed E-state index contributed by atoms with van der Waals surface area (Å²) in [5, 5.41) is 20.0. The zero-order valence-electron chi connectivity index (χ0n) is 23.0. The summed E-state index contributed by atoms with van der Waals surface area (Å²) >= 11 is 1.50. The van der Waals surface area contributed by atoms with Crippen molar-refractivity contribution in [1.82, 2.24) is 30.0 Å². The Morgan fingerprint density at radius 1 is 1.29 bits per heavy atom. The molecule has 5 rings (SSSR count). The number of carbonyl (C=O) groups is 2. The molecule has 0 aliphatic carbocycles. The van der Waals surface area contributed by atoms with Crippen molar-refractivity contribution in [1.29, 1.82) is 0 Å². The minimum absolute atomic E-state index is 0.260. The summed E-state index contributed by atoms with van der Waals surface area (Å²) < 4.78 is 20.8. The Kier molecular flexibility index (Phi) is 7.99. The Labute approximate surface area is 240 Å². The minimum Gasteiger partial charge on any atom is -0.497 e. The number of benzene rings is 1. The largest absolute Gasteiger partial charge is 0.497 e. The molecule has 3 aromatic heterocycles. The summed E-state index contributed by atoms with van der Waals surface area (Å²) in [6, 6.07) is 5.93. The van der Waals surface area contributed by atoms with Gasteiger partial charge in [-0.15, -0.1) is 11.3 Å². The fraction of sp³-hybridized carbons (Fsp3) is 0.321. The molecule has 0 fully saturated rings. The van der Waals surface area contributed by atoms with Crippen LogP contribution in [-0.4, -0.2) is 67.9 Å². The van der Waals surface area contributed by atoms with Gasteiger partial charge in [0.05, 0.1) is 42.1 Å². The summed E-state index contributed by atoms with van der Waals surface area (Å²) in [5.41, 5.74) is 2.46. The van der Waals surface area contributed by atoms with Gasteiger partial charge in [-0.1, -0.05) is 0 Å². The van der Waals surface area contributed by atoms with Crippen molar-refractivity contribution in [2.45, 2.75) is 32.4 Å². The molecule has 1 aliphatic heterocycles. The number of methoxy groups -OCH3 is 1. The van der Waals surface area contributed by atoms with Gasteiger partial charge < -0.3 is 25.4 Å². The molecule has 0 unspecified atom stereocenters. The van der Waals surface area contributed by atoms with E-state index in [0.717, 1.165) is 21.1 Å². The van der Waals surface area contributed by atoms with E-state index in [4.69, 9.17) is 9.72 Å². The average molecular weight is 580 g/mol. The molecule has 0 saturated heterocycles. The highest BCUT2D eigenvalue weighted by molar-refractivity contribution is 7.15. The summed E-state index contributed by atoms with van der Waals surface area (Å²) in [6.45, 7) is 3.45. The number of hydrogen-bond acceptors (Lipinski definition) is 9. The van der Waals surface area contributed by atoms with Crippen molar-refractivity contribution in [3.05, 3.63) is 70.1 Å². The molecule has 0 saturated carbocycles. The van der Waals surface area contributed by atoms with Crippen molar-refractivity contribution in [2.24, 2.45) is 7.05 Å². The number of aliphatic hydroxyl groups excluding tert-OH is 1. The van der Waals surface area contributed by atoms with Gasteiger partial charge in [0.1, 0.15) is 23.4 Å². The number of halogens is 1. The van der Waals surface area contributed by atoms with Crippen molar-refractivity contribution in [3.8, 4) is 16.3 Å². The quantitative estimate of drug-likeness (QED) is 0.275. The first-order valence-corrected chi connectivity index (χ1v) is 13.8. The molecule has 4 aromatic rings. The predicted octanol–water partition coefficient (Wildman–Crippen LogP) is 3.37. The Hall–Kier alpha value is -4.36. The smallest absolute Gasteiger partial charge is 0.255 e. The van der Waals surface area contributed by atoms with E-state index >= 15 is 0 Å². The average Bonchev–Trinajstić information content (AvgIpc) is 3.58. The predicted molar refractivity (Wildman–Crippen MR) is 152 cm³/mol. The SMILES string of the molecule is COc1cc(F)cc([C@@H](CO)NC(=O)[C@H](C)N2CCc3sc(-c4nc(Nc5ccnn5C)ncc4C)cc3C2=O)c1. The number of thiophene rings is 1. The van der Waals surface area contributed by atoms with Gasteiger partial charge in [0.25, 0.3) is 5.91 Å². The van der Waals surface area contributed by atoms with Crippen LogP contribution in [0, 0.1) is 12.7 Å². The topological polar surface area (TPSA) is 134 Å². The van der Waals surface area contributed by atoms with E-state index in [2.05, 4.69) is 20.7 Å². The molecular weight excluding hydrogens is 549 g/mol. The number of anilines is 2. The molecule has 214 valence electrons. The van der Waals surface area contributed by atoms with Crippen molar-refractivity contribution < 1.29 is 23.8 Å². The highest BCUT2D eigenvalue weighted by atomic mass is 32.1. The van der Waals surface area contributed by atoms with Gasteiger partial charge in [0, 0.05) is 43.2 Å². The van der Waals surface area contributed by atoms with Gasteiger partial charge in [-0.05, 0) is 43.2 Å². The van der Waals surface area contributed by atoms with Crippen LogP contribution in [0.25, 0.3) is 10.6 Å². The number of carbonyl (C=O) groups excluding carboxylic acids is 2. The van der Waals surface area contributed by atoms with Crippen molar-refractivity contribution >= 4 is 34.9 Å². The number of hydrogen-bond donors (Lipinski definition) is 3. The second-order valence-corrected chi connectivity index (χ2v) is 10.9. The van der Waals surface area contributed by atoms with E-state index in [9.17, 15) is 19.1 Å². The standard InChI is InChI=1S/C28H30FN7O4S/c1-15-13-30-28(33-24-5-7-31-35(24)3)34-25(15)23-12-20-22(41-23)6-8-36(27(20)39)16(2)26(38)32-21(14-37)17-9-18(29)11-19(10-17)40-4/h5,7,9-13,16,21,37H,6,8,14H2,1-4H3,(H,32,38)(H,30,33,34)/t16-,21+/m0/s1. The summed E-state index contributed by atoms with van der Waals surface area (Å²) in [7, 11) is 3.22. The van der Waals surface area contributed by atoms with Gasteiger partial charge in [-0.2, -0.15) is 5.10 Å². The highest BCUT2D eigenvalue weighted by Gasteiger charge is 2.34. The van der Waals surface area contributed by atoms with Crippen LogP contribution in [0.15, 0.2) is 42.7 Å². The van der Waals surface area contributed by atoms with E-state index in [1.807, 2.05) is 26.1 Å². The van der Waals surface area contributed by atoms with Crippen LogP contribution < -0.4 is 15.4 Å². The monoisotopic (exact) mass is 579 g/mol. The first-order valence-electron chi connectivity index (χ1n) is 13.0.